The summed E-state index contributed by atoms with van der Waals surface area (Å²) < 4.78 is 18.3. The van der Waals surface area contributed by atoms with Crippen molar-refractivity contribution in [2.45, 2.75) is 6.92 Å². The number of nitrogens with zero attached hydrogens (tertiary/aromatic N) is 4. The average Bonchev–Trinajstić information content (AvgIpc) is 3.25. The van der Waals surface area contributed by atoms with E-state index in [0.717, 1.165) is 5.56 Å². The van der Waals surface area contributed by atoms with E-state index in [-0.39, 0.29) is 19.1 Å². The maximum Gasteiger partial charge on any atom is 0.258 e. The Kier molecular flexibility index (Phi) is 6.76. The van der Waals surface area contributed by atoms with Crippen molar-refractivity contribution in [3.05, 3.63) is 66.7 Å². The molecule has 2 aromatic carbocycles. The van der Waals surface area contributed by atoms with Gasteiger partial charge in [-0.25, -0.2) is 0 Å². The van der Waals surface area contributed by atoms with Crippen molar-refractivity contribution in [1.29, 1.82) is 0 Å². The number of amides is 1. The molecule has 32 heavy (non-hydrogen) atoms. The summed E-state index contributed by atoms with van der Waals surface area (Å²) in [6.07, 6.45) is 0. The molecule has 4 rings (SSSR count). The zero-order chi connectivity index (χ0) is 22.2. The summed E-state index contributed by atoms with van der Waals surface area (Å²) in [5.41, 5.74) is 1.52. The van der Waals surface area contributed by atoms with Crippen molar-refractivity contribution in [2.24, 2.45) is 0 Å². The summed E-state index contributed by atoms with van der Waals surface area (Å²) in [4.78, 5) is 12.1. The van der Waals surface area contributed by atoms with Crippen LogP contribution in [0.15, 0.2) is 66.7 Å². The van der Waals surface area contributed by atoms with E-state index in [4.69, 9.17) is 14.2 Å². The minimum absolute atomic E-state index is 0.116. The van der Waals surface area contributed by atoms with Crippen LogP contribution in [-0.4, -0.2) is 52.1 Å². The van der Waals surface area contributed by atoms with Crippen molar-refractivity contribution in [1.82, 2.24) is 25.1 Å². The van der Waals surface area contributed by atoms with Gasteiger partial charge in [0.2, 0.25) is 5.88 Å². The standard InChI is InChI=1S/C23H23N5O4/c1-2-30-18-10-6-7-11-19(18)32-16-21(29)24-14-15-31-22-13-12-20-25-26-23(28(20)27-22)17-8-4-3-5-9-17/h3-13H,2,14-16H2,1H3,(H,24,29). The molecule has 164 valence electrons. The largest absolute Gasteiger partial charge is 0.490 e. The SMILES string of the molecule is CCOc1ccccc1OCC(=O)NCCOc1ccc2nnc(-c3ccccc3)n2n1. The fourth-order valence-corrected chi connectivity index (χ4v) is 3.00. The first-order valence-corrected chi connectivity index (χ1v) is 10.3. The Morgan fingerprint density at radius 3 is 2.44 bits per heavy atom. The summed E-state index contributed by atoms with van der Waals surface area (Å²) in [5.74, 6) is 1.92. The zero-order valence-corrected chi connectivity index (χ0v) is 17.6. The molecular formula is C23H23N5O4. The van der Waals surface area contributed by atoms with Crippen LogP contribution in [0.4, 0.5) is 0 Å². The van der Waals surface area contributed by atoms with Crippen LogP contribution in [0.25, 0.3) is 17.0 Å². The number of hydrogen-bond donors (Lipinski definition) is 1. The van der Waals surface area contributed by atoms with Crippen LogP contribution in [0.5, 0.6) is 17.4 Å². The highest BCUT2D eigenvalue weighted by molar-refractivity contribution is 5.77. The third-order valence-corrected chi connectivity index (χ3v) is 4.45. The van der Waals surface area contributed by atoms with Gasteiger partial charge < -0.3 is 19.5 Å². The molecule has 0 aliphatic rings. The Bertz CT molecular complexity index is 1180. The number of nitrogens with one attached hydrogen (secondary N) is 1. The van der Waals surface area contributed by atoms with Gasteiger partial charge in [-0.3, -0.25) is 4.79 Å². The monoisotopic (exact) mass is 433 g/mol. The first kappa shape index (κ1) is 21.1. The molecular weight excluding hydrogens is 410 g/mol. The van der Waals surface area contributed by atoms with Gasteiger partial charge in [0.05, 0.1) is 13.2 Å². The summed E-state index contributed by atoms with van der Waals surface area (Å²) in [6.45, 7) is 2.86. The number of para-hydroxylation sites is 2. The molecule has 0 fully saturated rings. The van der Waals surface area contributed by atoms with Crippen LogP contribution in [-0.2, 0) is 4.79 Å². The first-order valence-electron chi connectivity index (χ1n) is 10.3. The van der Waals surface area contributed by atoms with Crippen molar-refractivity contribution in [2.75, 3.05) is 26.4 Å². The Labute approximate surface area is 185 Å². The Morgan fingerprint density at radius 1 is 0.906 bits per heavy atom. The number of benzene rings is 2. The van der Waals surface area contributed by atoms with E-state index in [1.54, 1.807) is 28.8 Å². The highest BCUT2D eigenvalue weighted by Crippen LogP contribution is 2.26. The fourth-order valence-electron chi connectivity index (χ4n) is 3.00. The smallest absolute Gasteiger partial charge is 0.258 e. The van der Waals surface area contributed by atoms with Gasteiger partial charge >= 0.3 is 0 Å². The molecule has 0 aliphatic carbocycles. The number of carbonyl (C=O) groups is 1. The lowest BCUT2D eigenvalue weighted by molar-refractivity contribution is -0.123. The second kappa shape index (κ2) is 10.3. The normalized spacial score (nSPS) is 10.7. The van der Waals surface area contributed by atoms with Crippen molar-refractivity contribution < 1.29 is 19.0 Å². The van der Waals surface area contributed by atoms with E-state index in [2.05, 4.69) is 20.6 Å². The van der Waals surface area contributed by atoms with Crippen LogP contribution in [0.2, 0.25) is 0 Å². The van der Waals surface area contributed by atoms with Gasteiger partial charge in [-0.05, 0) is 25.1 Å². The minimum Gasteiger partial charge on any atom is -0.490 e. The molecule has 0 saturated heterocycles. The Hall–Kier alpha value is -4.14. The van der Waals surface area contributed by atoms with Crippen LogP contribution >= 0.6 is 0 Å². The van der Waals surface area contributed by atoms with Crippen LogP contribution in [0.1, 0.15) is 6.92 Å². The van der Waals surface area contributed by atoms with E-state index in [9.17, 15) is 4.79 Å². The number of aromatic nitrogens is 4. The summed E-state index contributed by atoms with van der Waals surface area (Å²) in [5, 5.41) is 15.5. The van der Waals surface area contributed by atoms with Crippen LogP contribution in [0.3, 0.4) is 0 Å². The van der Waals surface area contributed by atoms with Crippen LogP contribution < -0.4 is 19.5 Å². The third kappa shape index (κ3) is 5.12. The molecule has 2 aromatic heterocycles. The van der Waals surface area contributed by atoms with Gasteiger partial charge in [-0.1, -0.05) is 42.5 Å². The number of carbonyl (C=O) groups excluding carboxylic acids is 1. The minimum atomic E-state index is -0.256. The quantitative estimate of drug-likeness (QED) is 0.384. The molecule has 0 bridgehead atoms. The van der Waals surface area contributed by atoms with Gasteiger partial charge in [-0.2, -0.15) is 4.52 Å². The van der Waals surface area contributed by atoms with Crippen molar-refractivity contribution in [3.63, 3.8) is 0 Å². The molecule has 0 saturated carbocycles. The van der Waals surface area contributed by atoms with Gasteiger partial charge in [-0.15, -0.1) is 15.3 Å². The molecule has 0 atom stereocenters. The first-order chi connectivity index (χ1) is 15.7. The van der Waals surface area contributed by atoms with Crippen LogP contribution in [0, 0.1) is 0 Å². The molecule has 0 unspecified atom stereocenters. The van der Waals surface area contributed by atoms with Gasteiger partial charge in [0.25, 0.3) is 5.91 Å². The van der Waals surface area contributed by atoms with Crippen molar-refractivity contribution >= 4 is 11.6 Å². The van der Waals surface area contributed by atoms with E-state index < -0.39 is 0 Å². The molecule has 0 aliphatic heterocycles. The maximum atomic E-state index is 12.1. The second-order valence-corrected chi connectivity index (χ2v) is 6.70. The summed E-state index contributed by atoms with van der Waals surface area (Å²) in [6, 6.07) is 20.4. The predicted octanol–water partition coefficient (Wildman–Crippen LogP) is 2.76. The Balaban J connectivity index is 1.27. The summed E-state index contributed by atoms with van der Waals surface area (Å²) in [7, 11) is 0. The second-order valence-electron chi connectivity index (χ2n) is 6.70. The maximum absolute atomic E-state index is 12.1. The number of rotatable bonds is 10. The highest BCUT2D eigenvalue weighted by Gasteiger charge is 2.11. The number of ether oxygens (including phenoxy) is 3. The molecule has 9 heteroatoms. The lowest BCUT2D eigenvalue weighted by Gasteiger charge is -2.11. The Morgan fingerprint density at radius 2 is 1.66 bits per heavy atom. The number of fused-ring (bicyclic) bond motifs is 1. The highest BCUT2D eigenvalue weighted by atomic mass is 16.5. The molecule has 0 spiro atoms. The lowest BCUT2D eigenvalue weighted by atomic mass is 10.2. The topological polar surface area (TPSA) is 99.9 Å². The number of hydrogen-bond acceptors (Lipinski definition) is 7. The van der Waals surface area contributed by atoms with Gasteiger partial charge in [0, 0.05) is 11.6 Å². The molecule has 4 aromatic rings. The molecule has 1 N–H and O–H groups in total. The van der Waals surface area contributed by atoms with E-state index >= 15 is 0 Å². The average molecular weight is 433 g/mol. The van der Waals surface area contributed by atoms with Gasteiger partial charge in [0.1, 0.15) is 6.61 Å². The predicted molar refractivity (Wildman–Crippen MR) is 118 cm³/mol. The fraction of sp³-hybridized carbons (Fsp3) is 0.217. The van der Waals surface area contributed by atoms with Crippen molar-refractivity contribution in [3.8, 4) is 28.8 Å². The third-order valence-electron chi connectivity index (χ3n) is 4.45. The van der Waals surface area contributed by atoms with Gasteiger partial charge in [0.15, 0.2) is 29.6 Å². The molecule has 1 amide bonds. The molecule has 0 radical (unpaired) electrons. The molecule has 2 heterocycles. The summed E-state index contributed by atoms with van der Waals surface area (Å²) >= 11 is 0. The zero-order valence-electron chi connectivity index (χ0n) is 17.6. The molecule has 9 nitrogen and oxygen atoms in total. The lowest BCUT2D eigenvalue weighted by Crippen LogP contribution is -2.32. The van der Waals surface area contributed by atoms with E-state index in [1.807, 2.05) is 49.4 Å². The van der Waals surface area contributed by atoms with E-state index in [1.165, 1.54) is 0 Å². The van der Waals surface area contributed by atoms with E-state index in [0.29, 0.717) is 42.0 Å².